The van der Waals surface area contributed by atoms with Crippen LogP contribution in [0.2, 0.25) is 0 Å². The fraction of sp³-hybridized carbons (Fsp3) is 0.297. The lowest BCUT2D eigenvalue weighted by Crippen LogP contribution is -2.16. The molecule has 0 amide bonds. The van der Waals surface area contributed by atoms with E-state index in [0.29, 0.717) is 33.6 Å². The molecule has 1 N–H and O–H groups in total. The highest BCUT2D eigenvalue weighted by molar-refractivity contribution is 7.21. The molecule has 2 aromatic heterocycles. The Hall–Kier alpha value is -4.94. The molecule has 2 heterocycles. The number of hydrogen-bond acceptors (Lipinski definition) is 12. The summed E-state index contributed by atoms with van der Waals surface area (Å²) in [6.45, 7) is 3.78. The number of benzene rings is 3. The summed E-state index contributed by atoms with van der Waals surface area (Å²) in [6, 6.07) is 20.5. The average Bonchev–Trinajstić information content (AvgIpc) is 3.73. The maximum Gasteiger partial charge on any atom is 0.308 e. The zero-order valence-corrected chi connectivity index (χ0v) is 29.7. The lowest BCUT2D eigenvalue weighted by Gasteiger charge is -2.11. The molecule has 0 aliphatic heterocycles. The van der Waals surface area contributed by atoms with E-state index in [1.54, 1.807) is 39.2 Å². The van der Waals surface area contributed by atoms with E-state index < -0.39 is 17.8 Å². The van der Waals surface area contributed by atoms with Crippen LogP contribution in [0.5, 0.6) is 23.0 Å². The van der Waals surface area contributed by atoms with Crippen molar-refractivity contribution >= 4 is 66.4 Å². The monoisotopic (exact) mass is 706 g/mol. The van der Waals surface area contributed by atoms with Gasteiger partial charge in [0.25, 0.3) is 0 Å². The van der Waals surface area contributed by atoms with Crippen molar-refractivity contribution in [2.75, 3.05) is 28.4 Å². The molecule has 0 spiro atoms. The fourth-order valence-electron chi connectivity index (χ4n) is 4.88. The molecule has 0 saturated carbocycles. The molecule has 258 valence electrons. The Morgan fingerprint density at radius 1 is 0.653 bits per heavy atom. The van der Waals surface area contributed by atoms with Crippen LogP contribution in [0.15, 0.2) is 66.7 Å². The first kappa shape index (κ1) is 36.9. The summed E-state index contributed by atoms with van der Waals surface area (Å²) in [5, 5.41) is 11.5. The molecule has 0 unspecified atom stereocenters. The zero-order chi connectivity index (χ0) is 35.7. The van der Waals surface area contributed by atoms with Crippen molar-refractivity contribution in [1.29, 1.82) is 0 Å². The average molecular weight is 707 g/mol. The number of Topliss-reactive ketones (excluding diaryl/α,β-unsaturated/α-hetero) is 2. The number of thiophene rings is 2. The summed E-state index contributed by atoms with van der Waals surface area (Å²) in [4.78, 5) is 48.8. The normalized spacial score (nSPS) is 12.0. The third kappa shape index (κ3) is 9.36. The summed E-state index contributed by atoms with van der Waals surface area (Å²) in [5.74, 6) is -0.284. The molecular weight excluding hydrogens is 669 g/mol. The number of carbonyl (C=O) groups is 4. The highest BCUT2D eigenvalue weighted by Gasteiger charge is 2.22. The number of rotatable bonds is 13. The van der Waals surface area contributed by atoms with Gasteiger partial charge in [-0.15, -0.1) is 22.7 Å². The maximum absolute atomic E-state index is 12.5. The number of phenols is 1. The van der Waals surface area contributed by atoms with Gasteiger partial charge in [0, 0.05) is 34.4 Å². The van der Waals surface area contributed by atoms with Crippen molar-refractivity contribution in [3.63, 3.8) is 0 Å². The molecule has 5 rings (SSSR count). The van der Waals surface area contributed by atoms with Crippen molar-refractivity contribution in [3.8, 4) is 23.0 Å². The standard InChI is InChI=1S/C22H22O5S.C15H16O5S/c1-14(22(24)26-3)9-17(23)21-11-16-10-18(25-2)19(12-20(16)28-21)27-13-15-7-5-4-6-8-15;1-8(15(18)20-3)4-11(17)14-6-9-5-12(19-2)10(16)7-13(9)21-14/h4-8,10-12,14H,9,13H2,1-3H3;5-8,16H,4H2,1-3H3/t14-;8-/m00/s1. The van der Waals surface area contributed by atoms with Gasteiger partial charge in [0.15, 0.2) is 34.6 Å². The number of methoxy groups -OCH3 is 4. The van der Waals surface area contributed by atoms with Crippen molar-refractivity contribution in [2.24, 2.45) is 11.8 Å². The van der Waals surface area contributed by atoms with Crippen molar-refractivity contribution in [3.05, 3.63) is 82.0 Å². The quantitative estimate of drug-likeness (QED) is 0.0952. The molecule has 10 nitrogen and oxygen atoms in total. The summed E-state index contributed by atoms with van der Waals surface area (Å²) in [7, 11) is 5.69. The van der Waals surface area contributed by atoms with Crippen LogP contribution >= 0.6 is 22.7 Å². The number of phenolic OH excluding ortho intramolecular Hbond substituents is 1. The second-order valence-corrected chi connectivity index (χ2v) is 13.4. The van der Waals surface area contributed by atoms with Crippen LogP contribution in [0.4, 0.5) is 0 Å². The van der Waals surface area contributed by atoms with Crippen molar-refractivity contribution in [2.45, 2.75) is 33.3 Å². The fourth-order valence-corrected chi connectivity index (χ4v) is 6.92. The number of ether oxygens (including phenoxy) is 5. The van der Waals surface area contributed by atoms with Crippen LogP contribution in [-0.2, 0) is 25.7 Å². The third-order valence-corrected chi connectivity index (χ3v) is 9.88. The first-order valence-electron chi connectivity index (χ1n) is 15.3. The Labute approximate surface area is 292 Å². The van der Waals surface area contributed by atoms with Gasteiger partial charge in [-0.2, -0.15) is 0 Å². The second kappa shape index (κ2) is 16.9. The third-order valence-electron chi connectivity index (χ3n) is 7.60. The number of carbonyl (C=O) groups excluding carboxylic acids is 4. The van der Waals surface area contributed by atoms with Crippen LogP contribution in [-0.4, -0.2) is 57.1 Å². The molecule has 49 heavy (non-hydrogen) atoms. The molecule has 2 atom stereocenters. The summed E-state index contributed by atoms with van der Waals surface area (Å²) < 4.78 is 27.5. The Bertz CT molecular complexity index is 1940. The van der Waals surface area contributed by atoms with Crippen LogP contribution in [0.25, 0.3) is 20.2 Å². The molecule has 0 aliphatic rings. The molecule has 0 radical (unpaired) electrons. The number of ketones is 2. The maximum atomic E-state index is 12.5. The largest absolute Gasteiger partial charge is 0.504 e. The minimum atomic E-state index is -0.476. The predicted molar refractivity (Wildman–Crippen MR) is 189 cm³/mol. The molecule has 0 bridgehead atoms. The minimum Gasteiger partial charge on any atom is -0.504 e. The summed E-state index contributed by atoms with van der Waals surface area (Å²) >= 11 is 2.67. The van der Waals surface area contributed by atoms with Gasteiger partial charge >= 0.3 is 11.9 Å². The number of fused-ring (bicyclic) bond motifs is 2. The predicted octanol–water partition coefficient (Wildman–Crippen LogP) is 7.87. The van der Waals surface area contributed by atoms with E-state index in [0.717, 1.165) is 25.7 Å². The van der Waals surface area contributed by atoms with E-state index in [1.165, 1.54) is 44.0 Å². The van der Waals surface area contributed by atoms with E-state index in [-0.39, 0.29) is 36.1 Å². The van der Waals surface area contributed by atoms with Crippen LogP contribution < -0.4 is 14.2 Å². The Morgan fingerprint density at radius 2 is 1.14 bits per heavy atom. The SMILES string of the molecule is COC(=O)[C@@H](C)CC(=O)c1cc2cc(OC)c(O)cc2s1.COC(=O)[C@@H](C)CC(=O)c1cc2cc(OC)c(OCc3ccccc3)cc2s1. The second-order valence-electron chi connectivity index (χ2n) is 11.2. The zero-order valence-electron chi connectivity index (χ0n) is 28.1. The summed E-state index contributed by atoms with van der Waals surface area (Å²) in [5.41, 5.74) is 1.06. The summed E-state index contributed by atoms with van der Waals surface area (Å²) in [6.07, 6.45) is 0.219. The van der Waals surface area contributed by atoms with Crippen LogP contribution in [0.1, 0.15) is 51.6 Å². The molecular formula is C37H38O10S2. The van der Waals surface area contributed by atoms with Gasteiger partial charge in [-0.25, -0.2) is 0 Å². The number of hydrogen-bond donors (Lipinski definition) is 1. The minimum absolute atomic E-state index is 0.0359. The Morgan fingerprint density at radius 3 is 1.63 bits per heavy atom. The highest BCUT2D eigenvalue weighted by Crippen LogP contribution is 2.38. The first-order valence-corrected chi connectivity index (χ1v) is 16.9. The van der Waals surface area contributed by atoms with E-state index >= 15 is 0 Å². The van der Waals surface area contributed by atoms with E-state index in [1.807, 2.05) is 48.5 Å². The van der Waals surface area contributed by atoms with Gasteiger partial charge in [0.2, 0.25) is 0 Å². The molecule has 5 aromatic rings. The van der Waals surface area contributed by atoms with Crippen molar-refractivity contribution < 1.29 is 48.0 Å². The lowest BCUT2D eigenvalue weighted by atomic mass is 10.0. The van der Waals surface area contributed by atoms with Gasteiger partial charge in [-0.1, -0.05) is 44.2 Å². The van der Waals surface area contributed by atoms with Crippen LogP contribution in [0, 0.1) is 11.8 Å². The first-order chi connectivity index (χ1) is 23.5. The molecule has 12 heteroatoms. The van der Waals surface area contributed by atoms with E-state index in [9.17, 15) is 24.3 Å². The molecule has 0 aliphatic carbocycles. The van der Waals surface area contributed by atoms with Gasteiger partial charge in [-0.3, -0.25) is 19.2 Å². The van der Waals surface area contributed by atoms with Crippen LogP contribution in [0.3, 0.4) is 0 Å². The van der Waals surface area contributed by atoms with Gasteiger partial charge in [0.05, 0.1) is 50.0 Å². The molecule has 0 fully saturated rings. The number of aromatic hydroxyl groups is 1. The van der Waals surface area contributed by atoms with E-state index in [2.05, 4.69) is 4.74 Å². The smallest absolute Gasteiger partial charge is 0.308 e. The van der Waals surface area contributed by atoms with E-state index in [4.69, 9.17) is 18.9 Å². The topological polar surface area (TPSA) is 135 Å². The van der Waals surface area contributed by atoms with Gasteiger partial charge in [-0.05, 0) is 40.6 Å². The molecule has 0 saturated heterocycles. The number of esters is 2. The molecule has 3 aromatic carbocycles. The van der Waals surface area contributed by atoms with Crippen molar-refractivity contribution in [1.82, 2.24) is 0 Å². The Kier molecular flexibility index (Phi) is 12.8. The highest BCUT2D eigenvalue weighted by atomic mass is 32.1. The van der Waals surface area contributed by atoms with Gasteiger partial charge in [0.1, 0.15) is 6.61 Å². The van der Waals surface area contributed by atoms with Gasteiger partial charge < -0.3 is 28.8 Å². The Balaban J connectivity index is 0.000000230. The lowest BCUT2D eigenvalue weighted by molar-refractivity contribution is -0.145.